The van der Waals surface area contributed by atoms with E-state index in [0.29, 0.717) is 11.6 Å². The van der Waals surface area contributed by atoms with Crippen molar-refractivity contribution < 1.29 is 19.0 Å². The molecule has 4 rings (SSSR count). The van der Waals surface area contributed by atoms with E-state index < -0.39 is 5.97 Å². The van der Waals surface area contributed by atoms with E-state index in [1.807, 2.05) is 0 Å². The minimum atomic E-state index is -1.11. The Morgan fingerprint density at radius 3 is 3.30 bits per heavy atom. The molecule has 1 fully saturated rings. The van der Waals surface area contributed by atoms with Crippen LogP contribution >= 0.6 is 0 Å². The first-order chi connectivity index (χ1) is 9.76. The quantitative estimate of drug-likeness (QED) is 0.851. The molecule has 0 amide bonds. The molecule has 20 heavy (non-hydrogen) atoms. The first-order valence-electron chi connectivity index (χ1n) is 6.41. The first-order valence-corrected chi connectivity index (χ1v) is 6.41. The summed E-state index contributed by atoms with van der Waals surface area (Å²) in [5.41, 5.74) is 0.213. The van der Waals surface area contributed by atoms with E-state index in [1.54, 1.807) is 6.20 Å². The van der Waals surface area contributed by atoms with Crippen LogP contribution in [0.3, 0.4) is 0 Å². The fourth-order valence-corrected chi connectivity index (χ4v) is 2.84. The number of nitrogens with one attached hydrogen (secondary N) is 1. The molecule has 0 bridgehead atoms. The standard InChI is InChI=1S/C12H11FN4O3/c13-20-12(18)6-4-14-17-5-9-10(16-11(6)17)15-7-2-1-3-8(7)19-9/h4-5,7-8H,1-3H2,(H,15,16). The van der Waals surface area contributed by atoms with Crippen LogP contribution in [0.4, 0.5) is 10.3 Å². The minimum Gasteiger partial charge on any atom is -0.483 e. The predicted molar refractivity (Wildman–Crippen MR) is 65.2 cm³/mol. The molecule has 2 aromatic rings. The van der Waals surface area contributed by atoms with E-state index in [1.165, 1.54) is 10.7 Å². The number of ether oxygens (including phenoxy) is 1. The third kappa shape index (κ3) is 1.54. The number of fused-ring (bicyclic) bond motifs is 3. The van der Waals surface area contributed by atoms with Gasteiger partial charge in [0.1, 0.15) is 11.7 Å². The lowest BCUT2D eigenvalue weighted by Gasteiger charge is -2.29. The molecule has 0 aromatic carbocycles. The molecule has 2 atom stereocenters. The molecule has 3 heterocycles. The second-order valence-electron chi connectivity index (χ2n) is 4.98. The molecule has 0 spiro atoms. The van der Waals surface area contributed by atoms with E-state index in [0.717, 1.165) is 19.3 Å². The summed E-state index contributed by atoms with van der Waals surface area (Å²) < 4.78 is 19.3. The Labute approximate surface area is 112 Å². The fraction of sp³-hybridized carbons (Fsp3) is 0.417. The largest absolute Gasteiger partial charge is 0.483 e. The number of nitrogens with zero attached hydrogens (tertiary/aromatic N) is 3. The number of carbonyl (C=O) groups excluding carboxylic acids is 1. The molecule has 7 nitrogen and oxygen atoms in total. The molecule has 2 aliphatic rings. The van der Waals surface area contributed by atoms with Gasteiger partial charge in [-0.3, -0.25) is 0 Å². The molecular weight excluding hydrogens is 267 g/mol. The molecule has 1 N–H and O–H groups in total. The van der Waals surface area contributed by atoms with Gasteiger partial charge in [-0.05, 0) is 19.3 Å². The zero-order valence-corrected chi connectivity index (χ0v) is 10.4. The fourth-order valence-electron chi connectivity index (χ4n) is 2.84. The summed E-state index contributed by atoms with van der Waals surface area (Å²) in [6.07, 6.45) is 6.13. The SMILES string of the molecule is O=C(OF)c1cnn2cc3c(nc12)NC1CCCC1O3. The smallest absolute Gasteiger partial charge is 0.384 e. The summed E-state index contributed by atoms with van der Waals surface area (Å²) >= 11 is 0. The van der Waals surface area contributed by atoms with E-state index in [-0.39, 0.29) is 23.4 Å². The highest BCUT2D eigenvalue weighted by Gasteiger charge is 2.35. The second kappa shape index (κ2) is 4.06. The third-order valence-corrected chi connectivity index (χ3v) is 3.80. The molecule has 1 aliphatic carbocycles. The maximum absolute atomic E-state index is 12.0. The Bertz CT molecular complexity index is 701. The summed E-state index contributed by atoms with van der Waals surface area (Å²) in [5.74, 6) is 0.0286. The Balaban J connectivity index is 1.82. The van der Waals surface area contributed by atoms with Crippen molar-refractivity contribution in [1.82, 2.24) is 14.6 Å². The van der Waals surface area contributed by atoms with E-state index in [4.69, 9.17) is 4.74 Å². The number of carbonyl (C=O) groups is 1. The van der Waals surface area contributed by atoms with Gasteiger partial charge in [-0.25, -0.2) is 19.2 Å². The number of halogens is 1. The van der Waals surface area contributed by atoms with Crippen LogP contribution in [0.5, 0.6) is 5.75 Å². The Hall–Kier alpha value is -2.38. The van der Waals surface area contributed by atoms with Gasteiger partial charge in [-0.15, -0.1) is 0 Å². The van der Waals surface area contributed by atoms with E-state index in [9.17, 15) is 9.32 Å². The Morgan fingerprint density at radius 2 is 2.45 bits per heavy atom. The molecule has 2 aromatic heterocycles. The van der Waals surface area contributed by atoms with Crippen LogP contribution in [0.1, 0.15) is 29.6 Å². The molecular formula is C12H11FN4O3. The summed E-state index contributed by atoms with van der Waals surface area (Å²) in [4.78, 5) is 18.8. The van der Waals surface area contributed by atoms with Crippen LogP contribution in [0.25, 0.3) is 5.65 Å². The Kier molecular flexibility index (Phi) is 2.32. The first kappa shape index (κ1) is 11.4. The average Bonchev–Trinajstić information content (AvgIpc) is 3.07. The van der Waals surface area contributed by atoms with Gasteiger partial charge < -0.3 is 10.1 Å². The summed E-state index contributed by atoms with van der Waals surface area (Å²) in [6, 6.07) is 0.233. The number of anilines is 1. The summed E-state index contributed by atoms with van der Waals surface area (Å²) in [7, 11) is 0. The highest BCUT2D eigenvalue weighted by molar-refractivity contribution is 5.95. The molecule has 8 heteroatoms. The van der Waals surface area contributed by atoms with Gasteiger partial charge in [0, 0.05) is 4.53 Å². The molecule has 0 radical (unpaired) electrons. The number of hydrogen-bond donors (Lipinski definition) is 1. The zero-order valence-electron chi connectivity index (χ0n) is 10.4. The average molecular weight is 278 g/mol. The maximum atomic E-state index is 12.0. The summed E-state index contributed by atoms with van der Waals surface area (Å²) in [6.45, 7) is 0. The van der Waals surface area contributed by atoms with Crippen LogP contribution < -0.4 is 10.1 Å². The van der Waals surface area contributed by atoms with Gasteiger partial charge in [-0.1, -0.05) is 0 Å². The molecule has 1 aliphatic heterocycles. The normalized spacial score (nSPS) is 23.6. The maximum Gasteiger partial charge on any atom is 0.384 e. The van der Waals surface area contributed by atoms with Crippen LogP contribution in [-0.2, 0) is 4.94 Å². The van der Waals surface area contributed by atoms with Crippen LogP contribution in [0.2, 0.25) is 0 Å². The van der Waals surface area contributed by atoms with Gasteiger partial charge in [-0.2, -0.15) is 5.10 Å². The van der Waals surface area contributed by atoms with Crippen molar-refractivity contribution in [3.05, 3.63) is 18.0 Å². The highest BCUT2D eigenvalue weighted by atomic mass is 19.3. The molecule has 1 saturated carbocycles. The highest BCUT2D eigenvalue weighted by Crippen LogP contribution is 2.36. The summed E-state index contributed by atoms with van der Waals surface area (Å²) in [5, 5.41) is 7.26. The molecule has 104 valence electrons. The van der Waals surface area contributed by atoms with Gasteiger partial charge >= 0.3 is 5.97 Å². The lowest BCUT2D eigenvalue weighted by molar-refractivity contribution is -0.0786. The predicted octanol–water partition coefficient (Wildman–Crippen LogP) is 1.50. The van der Waals surface area contributed by atoms with Crippen LogP contribution in [-0.4, -0.2) is 32.7 Å². The minimum absolute atomic E-state index is 0.0226. The second-order valence-corrected chi connectivity index (χ2v) is 4.98. The van der Waals surface area contributed by atoms with Crippen LogP contribution in [0.15, 0.2) is 12.4 Å². The zero-order chi connectivity index (χ0) is 13.7. The lowest BCUT2D eigenvalue weighted by Crippen LogP contribution is -2.37. The van der Waals surface area contributed by atoms with Crippen LogP contribution in [0, 0.1) is 0 Å². The molecule has 2 unspecified atom stereocenters. The van der Waals surface area contributed by atoms with Crippen molar-refractivity contribution in [3.63, 3.8) is 0 Å². The van der Waals surface area contributed by atoms with Gasteiger partial charge in [0.15, 0.2) is 17.2 Å². The number of aromatic nitrogens is 3. The van der Waals surface area contributed by atoms with Gasteiger partial charge in [0.2, 0.25) is 0 Å². The van der Waals surface area contributed by atoms with Crippen molar-refractivity contribution in [2.24, 2.45) is 0 Å². The van der Waals surface area contributed by atoms with E-state index >= 15 is 0 Å². The van der Waals surface area contributed by atoms with Gasteiger partial charge in [0.05, 0.1) is 18.4 Å². The van der Waals surface area contributed by atoms with E-state index in [2.05, 4.69) is 20.3 Å². The monoisotopic (exact) mass is 278 g/mol. The number of rotatable bonds is 1. The van der Waals surface area contributed by atoms with Crippen molar-refractivity contribution >= 4 is 17.4 Å². The lowest BCUT2D eigenvalue weighted by atomic mass is 10.2. The third-order valence-electron chi connectivity index (χ3n) is 3.80. The van der Waals surface area contributed by atoms with Crippen molar-refractivity contribution in [1.29, 1.82) is 0 Å². The van der Waals surface area contributed by atoms with Gasteiger partial charge in [0.25, 0.3) is 0 Å². The number of hydrogen-bond acceptors (Lipinski definition) is 6. The van der Waals surface area contributed by atoms with Crippen molar-refractivity contribution in [2.45, 2.75) is 31.4 Å². The Morgan fingerprint density at radius 1 is 1.55 bits per heavy atom. The van der Waals surface area contributed by atoms with Crippen molar-refractivity contribution in [3.8, 4) is 5.75 Å². The van der Waals surface area contributed by atoms with Crippen molar-refractivity contribution in [2.75, 3.05) is 5.32 Å². The topological polar surface area (TPSA) is 77.8 Å². The molecule has 0 saturated heterocycles.